The van der Waals surface area contributed by atoms with Crippen molar-refractivity contribution in [1.82, 2.24) is 15.0 Å². The first-order valence-electron chi connectivity index (χ1n) is 6.24. The van der Waals surface area contributed by atoms with Crippen LogP contribution in [0.2, 0.25) is 0 Å². The Morgan fingerprint density at radius 2 is 2.29 bits per heavy atom. The van der Waals surface area contributed by atoms with Crippen LogP contribution >= 0.6 is 0 Å². The van der Waals surface area contributed by atoms with Gasteiger partial charge in [-0.1, -0.05) is 0 Å². The molecule has 2 aromatic heterocycles. The molecule has 3 heterocycles. The van der Waals surface area contributed by atoms with Gasteiger partial charge in [0.15, 0.2) is 0 Å². The number of nitrogens with zero attached hydrogens (tertiary/aromatic N) is 3. The molecule has 7 nitrogen and oxygen atoms in total. The van der Waals surface area contributed by atoms with Gasteiger partial charge in [-0.25, -0.2) is 23.5 Å². The van der Waals surface area contributed by atoms with Crippen LogP contribution in [-0.2, 0) is 4.74 Å². The fraction of sp³-hybridized carbons (Fsp3) is 0.417. The minimum Gasteiger partial charge on any atom is -0.477 e. The first-order chi connectivity index (χ1) is 9.96. The Morgan fingerprint density at radius 1 is 1.48 bits per heavy atom. The van der Waals surface area contributed by atoms with E-state index in [0.717, 1.165) is 0 Å². The van der Waals surface area contributed by atoms with Gasteiger partial charge >= 0.3 is 5.97 Å². The highest BCUT2D eigenvalue weighted by atomic mass is 19.3. The van der Waals surface area contributed by atoms with E-state index in [-0.39, 0.29) is 24.7 Å². The number of rotatable bonds is 2. The molecule has 0 aliphatic carbocycles. The molecule has 1 aliphatic rings. The summed E-state index contributed by atoms with van der Waals surface area (Å²) < 4.78 is 32.1. The largest absolute Gasteiger partial charge is 0.477 e. The third-order valence-electron chi connectivity index (χ3n) is 3.18. The fourth-order valence-electron chi connectivity index (χ4n) is 2.27. The number of fused-ring (bicyclic) bond motifs is 1. The summed E-state index contributed by atoms with van der Waals surface area (Å²) in [7, 11) is 0. The molecule has 0 aromatic carbocycles. The Labute approximate surface area is 117 Å². The summed E-state index contributed by atoms with van der Waals surface area (Å²) in [5, 5.41) is 9.38. The van der Waals surface area contributed by atoms with Crippen LogP contribution in [0, 0.1) is 0 Å². The molecule has 0 radical (unpaired) electrons. The molecule has 0 unspecified atom stereocenters. The van der Waals surface area contributed by atoms with E-state index in [4.69, 9.17) is 9.84 Å². The molecule has 2 aromatic rings. The lowest BCUT2D eigenvalue weighted by Crippen LogP contribution is -2.38. The number of aromatic carboxylic acids is 1. The number of aromatic nitrogens is 3. The number of carboxylic acid groups (broad SMARTS) is 1. The number of ether oxygens (including phenoxy) is 1. The number of alkyl halides is 2. The first-order valence-corrected chi connectivity index (χ1v) is 6.24. The molecule has 0 saturated carbocycles. The Morgan fingerprint density at radius 3 is 3.05 bits per heavy atom. The molecule has 0 atom stereocenters. The number of anilines is 1. The van der Waals surface area contributed by atoms with E-state index in [1.54, 1.807) is 0 Å². The topological polar surface area (TPSA) is 91.3 Å². The normalized spacial score (nSPS) is 18.7. The number of carboxylic acids is 1. The summed E-state index contributed by atoms with van der Waals surface area (Å²) in [5.41, 5.74) is 0.232. The van der Waals surface area contributed by atoms with Gasteiger partial charge in [0, 0.05) is 6.54 Å². The summed E-state index contributed by atoms with van der Waals surface area (Å²) in [6, 6.07) is 1.34. The number of carbonyl (C=O) groups is 1. The van der Waals surface area contributed by atoms with Crippen LogP contribution in [0.5, 0.6) is 0 Å². The van der Waals surface area contributed by atoms with Crippen molar-refractivity contribution >= 4 is 22.8 Å². The van der Waals surface area contributed by atoms with Crippen LogP contribution in [0.25, 0.3) is 11.0 Å². The summed E-state index contributed by atoms with van der Waals surface area (Å²) in [6.07, 6.45) is 1.21. The second-order valence-corrected chi connectivity index (χ2v) is 4.78. The molecule has 1 saturated heterocycles. The molecule has 0 spiro atoms. The van der Waals surface area contributed by atoms with Crippen LogP contribution in [0.3, 0.4) is 0 Å². The summed E-state index contributed by atoms with van der Waals surface area (Å²) in [5.74, 6) is -3.86. The van der Waals surface area contributed by atoms with E-state index in [0.29, 0.717) is 11.0 Å². The van der Waals surface area contributed by atoms with Gasteiger partial charge in [-0.15, -0.1) is 0 Å². The lowest BCUT2D eigenvalue weighted by Gasteiger charge is -2.24. The van der Waals surface area contributed by atoms with E-state index in [1.165, 1.54) is 17.3 Å². The Kier molecular flexibility index (Phi) is 3.20. The number of hydrogen-bond donors (Lipinski definition) is 2. The second-order valence-electron chi connectivity index (χ2n) is 4.78. The number of halogens is 2. The molecule has 9 heteroatoms. The number of hydrogen-bond acceptors (Lipinski definition) is 5. The van der Waals surface area contributed by atoms with E-state index >= 15 is 0 Å². The van der Waals surface area contributed by atoms with Gasteiger partial charge in [-0.2, -0.15) is 0 Å². The summed E-state index contributed by atoms with van der Waals surface area (Å²) >= 11 is 0. The lowest BCUT2D eigenvalue weighted by molar-refractivity contribution is -0.0564. The van der Waals surface area contributed by atoms with Crippen molar-refractivity contribution in [1.29, 1.82) is 0 Å². The summed E-state index contributed by atoms with van der Waals surface area (Å²) in [6.45, 7) is -0.773. The van der Waals surface area contributed by atoms with Crippen LogP contribution in [0.1, 0.15) is 10.5 Å². The molecule has 2 N–H and O–H groups in total. The molecular weight excluding hydrogens is 286 g/mol. The zero-order chi connectivity index (χ0) is 15.0. The third-order valence-corrected chi connectivity index (χ3v) is 3.18. The van der Waals surface area contributed by atoms with Crippen LogP contribution in [-0.4, -0.2) is 58.3 Å². The maximum absolute atomic E-state index is 13.6. The molecule has 0 amide bonds. The third kappa shape index (κ3) is 2.64. The van der Waals surface area contributed by atoms with Gasteiger partial charge in [-0.3, -0.25) is 0 Å². The highest BCUT2D eigenvalue weighted by Crippen LogP contribution is 2.28. The maximum Gasteiger partial charge on any atom is 0.352 e. The predicted octanol–water partition coefficient (Wildman–Crippen LogP) is 1.13. The Bertz CT molecular complexity index is 688. The fourth-order valence-corrected chi connectivity index (χ4v) is 2.27. The molecule has 112 valence electrons. The number of aromatic amines is 1. The van der Waals surface area contributed by atoms with E-state index in [9.17, 15) is 13.6 Å². The van der Waals surface area contributed by atoms with E-state index in [2.05, 4.69) is 15.0 Å². The first kappa shape index (κ1) is 13.7. The van der Waals surface area contributed by atoms with Gasteiger partial charge in [0.25, 0.3) is 5.92 Å². The van der Waals surface area contributed by atoms with E-state index in [1.807, 2.05) is 0 Å². The van der Waals surface area contributed by atoms with Crippen molar-refractivity contribution < 1.29 is 23.4 Å². The standard InChI is InChI=1S/C12H12F2N4O3/c13-12(14)4-18(1-2-21-5-12)10-7-3-8(11(19)20)17-9(7)15-6-16-10/h3,6H,1-2,4-5H2,(H,19,20)(H,15,16,17). The average Bonchev–Trinajstić information content (AvgIpc) is 2.78. The molecule has 21 heavy (non-hydrogen) atoms. The van der Waals surface area contributed by atoms with Gasteiger partial charge in [-0.05, 0) is 6.07 Å². The van der Waals surface area contributed by atoms with Crippen molar-refractivity contribution in [2.75, 3.05) is 31.2 Å². The highest BCUT2D eigenvalue weighted by Gasteiger charge is 2.35. The van der Waals surface area contributed by atoms with Crippen LogP contribution < -0.4 is 4.90 Å². The smallest absolute Gasteiger partial charge is 0.352 e. The van der Waals surface area contributed by atoms with Gasteiger partial charge in [0.05, 0.1) is 18.5 Å². The van der Waals surface area contributed by atoms with Crippen LogP contribution in [0.15, 0.2) is 12.4 Å². The van der Waals surface area contributed by atoms with Crippen molar-refractivity contribution in [3.8, 4) is 0 Å². The van der Waals surface area contributed by atoms with Crippen LogP contribution in [0.4, 0.5) is 14.6 Å². The SMILES string of the molecule is O=C(O)c1cc2c(N3CCOCC(F)(F)C3)ncnc2[nH]1. The molecule has 0 bridgehead atoms. The maximum atomic E-state index is 13.6. The molecule has 3 rings (SSSR count). The van der Waals surface area contributed by atoms with Crippen molar-refractivity contribution in [3.63, 3.8) is 0 Å². The zero-order valence-corrected chi connectivity index (χ0v) is 10.8. The highest BCUT2D eigenvalue weighted by molar-refractivity contribution is 5.96. The van der Waals surface area contributed by atoms with Crippen molar-refractivity contribution in [3.05, 3.63) is 18.1 Å². The Hall–Kier alpha value is -2.29. The molecule has 1 aliphatic heterocycles. The zero-order valence-electron chi connectivity index (χ0n) is 10.8. The van der Waals surface area contributed by atoms with Gasteiger partial charge in [0.1, 0.15) is 30.1 Å². The predicted molar refractivity (Wildman–Crippen MR) is 68.8 cm³/mol. The van der Waals surface area contributed by atoms with Gasteiger partial charge in [0.2, 0.25) is 0 Å². The quantitative estimate of drug-likeness (QED) is 0.863. The van der Waals surface area contributed by atoms with Crippen molar-refractivity contribution in [2.24, 2.45) is 0 Å². The summed E-state index contributed by atoms with van der Waals surface area (Å²) in [4.78, 5) is 22.9. The minimum atomic E-state index is -2.99. The average molecular weight is 298 g/mol. The van der Waals surface area contributed by atoms with E-state index < -0.39 is 25.0 Å². The molecular formula is C12H12F2N4O3. The molecule has 1 fully saturated rings. The van der Waals surface area contributed by atoms with Crippen molar-refractivity contribution in [2.45, 2.75) is 5.92 Å². The Balaban J connectivity index is 2.04. The number of H-pyrrole nitrogens is 1. The number of nitrogens with one attached hydrogen (secondary N) is 1. The monoisotopic (exact) mass is 298 g/mol. The second kappa shape index (κ2) is 4.92. The van der Waals surface area contributed by atoms with Gasteiger partial charge < -0.3 is 19.7 Å². The minimum absolute atomic E-state index is 0.0652. The lowest BCUT2D eigenvalue weighted by atomic mass is 10.2.